The molecule has 116 valence electrons. The van der Waals surface area contributed by atoms with Crippen LogP contribution in [0.5, 0.6) is 5.75 Å². The van der Waals surface area contributed by atoms with Crippen molar-refractivity contribution in [1.82, 2.24) is 15.6 Å². The summed E-state index contributed by atoms with van der Waals surface area (Å²) in [7, 11) is 1.63. The number of para-hydroxylation sites is 1. The molecule has 1 atom stereocenters. The maximum absolute atomic E-state index is 12.2. The molecule has 1 aromatic carbocycles. The highest BCUT2D eigenvalue weighted by atomic mass is 32.1. The molecular formula is C16H19N3O2S. The van der Waals surface area contributed by atoms with Gasteiger partial charge in [0.25, 0.3) is 5.91 Å². The van der Waals surface area contributed by atoms with E-state index in [1.807, 2.05) is 29.6 Å². The Labute approximate surface area is 133 Å². The van der Waals surface area contributed by atoms with Crippen molar-refractivity contribution in [3.63, 3.8) is 0 Å². The van der Waals surface area contributed by atoms with E-state index in [2.05, 4.69) is 15.6 Å². The van der Waals surface area contributed by atoms with Gasteiger partial charge in [0.05, 0.1) is 13.2 Å². The summed E-state index contributed by atoms with van der Waals surface area (Å²) >= 11 is 1.55. The van der Waals surface area contributed by atoms with Gasteiger partial charge in [-0.05, 0) is 25.5 Å². The van der Waals surface area contributed by atoms with Gasteiger partial charge in [-0.15, -0.1) is 11.3 Å². The van der Waals surface area contributed by atoms with E-state index in [9.17, 15) is 4.79 Å². The Morgan fingerprint density at radius 2 is 2.36 bits per heavy atom. The number of hydrogen-bond donors (Lipinski definition) is 2. The first-order valence-electron chi connectivity index (χ1n) is 7.37. The Hall–Kier alpha value is -1.92. The van der Waals surface area contributed by atoms with Crippen LogP contribution in [0.25, 0.3) is 0 Å². The third-order valence-electron chi connectivity index (χ3n) is 3.74. The summed E-state index contributed by atoms with van der Waals surface area (Å²) in [5.41, 5.74) is 1.44. The maximum Gasteiger partial charge on any atom is 0.271 e. The van der Waals surface area contributed by atoms with Crippen molar-refractivity contribution >= 4 is 17.2 Å². The highest BCUT2D eigenvalue weighted by Gasteiger charge is 2.21. The number of methoxy groups -OCH3 is 1. The first-order chi connectivity index (χ1) is 10.8. The van der Waals surface area contributed by atoms with E-state index in [-0.39, 0.29) is 5.91 Å². The van der Waals surface area contributed by atoms with E-state index < -0.39 is 0 Å². The summed E-state index contributed by atoms with van der Waals surface area (Å²) in [5.74, 6) is 0.628. The van der Waals surface area contributed by atoms with Gasteiger partial charge >= 0.3 is 0 Å². The quantitative estimate of drug-likeness (QED) is 0.889. The lowest BCUT2D eigenvalue weighted by Crippen LogP contribution is -2.23. The average Bonchev–Trinajstić information content (AvgIpc) is 3.23. The van der Waals surface area contributed by atoms with Crippen LogP contribution in [-0.2, 0) is 6.54 Å². The van der Waals surface area contributed by atoms with Crippen molar-refractivity contribution in [2.45, 2.75) is 25.4 Å². The van der Waals surface area contributed by atoms with E-state index in [0.29, 0.717) is 18.3 Å². The third kappa shape index (κ3) is 3.28. The number of nitrogens with zero attached hydrogens (tertiary/aromatic N) is 1. The van der Waals surface area contributed by atoms with E-state index in [1.165, 1.54) is 6.42 Å². The Morgan fingerprint density at radius 1 is 1.50 bits per heavy atom. The van der Waals surface area contributed by atoms with Gasteiger partial charge in [0.2, 0.25) is 0 Å². The van der Waals surface area contributed by atoms with E-state index >= 15 is 0 Å². The minimum Gasteiger partial charge on any atom is -0.496 e. The van der Waals surface area contributed by atoms with E-state index in [4.69, 9.17) is 4.74 Å². The third-order valence-corrected chi connectivity index (χ3v) is 4.70. The van der Waals surface area contributed by atoms with Crippen molar-refractivity contribution in [3.05, 3.63) is 45.9 Å². The molecule has 1 saturated heterocycles. The van der Waals surface area contributed by atoms with Crippen LogP contribution in [-0.4, -0.2) is 24.5 Å². The molecule has 5 nitrogen and oxygen atoms in total. The lowest BCUT2D eigenvalue weighted by atomic mass is 10.2. The molecule has 1 unspecified atom stereocenters. The second-order valence-electron chi connectivity index (χ2n) is 5.21. The summed E-state index contributed by atoms with van der Waals surface area (Å²) < 4.78 is 5.28. The highest BCUT2D eigenvalue weighted by molar-refractivity contribution is 7.09. The molecular weight excluding hydrogens is 298 g/mol. The van der Waals surface area contributed by atoms with Gasteiger partial charge in [0.1, 0.15) is 16.5 Å². The molecule has 3 rings (SSSR count). The van der Waals surface area contributed by atoms with Crippen LogP contribution < -0.4 is 15.4 Å². The lowest BCUT2D eigenvalue weighted by molar-refractivity contribution is 0.0946. The number of amides is 1. The number of thiazole rings is 1. The molecule has 1 fully saturated rings. The van der Waals surface area contributed by atoms with Crippen LogP contribution in [0, 0.1) is 0 Å². The minimum atomic E-state index is -0.147. The van der Waals surface area contributed by atoms with Gasteiger partial charge < -0.3 is 15.4 Å². The molecule has 2 N–H and O–H groups in total. The van der Waals surface area contributed by atoms with Crippen LogP contribution in [0.3, 0.4) is 0 Å². The minimum absolute atomic E-state index is 0.147. The second kappa shape index (κ2) is 6.89. The largest absolute Gasteiger partial charge is 0.496 e. The zero-order chi connectivity index (χ0) is 15.4. The molecule has 6 heteroatoms. The fourth-order valence-electron chi connectivity index (χ4n) is 2.56. The van der Waals surface area contributed by atoms with Crippen LogP contribution >= 0.6 is 11.3 Å². The monoisotopic (exact) mass is 317 g/mol. The first kappa shape index (κ1) is 15.0. The van der Waals surface area contributed by atoms with Crippen LogP contribution in [0.15, 0.2) is 29.6 Å². The molecule has 1 aromatic heterocycles. The average molecular weight is 317 g/mol. The molecule has 0 radical (unpaired) electrons. The van der Waals surface area contributed by atoms with Crippen LogP contribution in [0.2, 0.25) is 0 Å². The van der Waals surface area contributed by atoms with Crippen molar-refractivity contribution in [2.75, 3.05) is 13.7 Å². The van der Waals surface area contributed by atoms with Crippen LogP contribution in [0.4, 0.5) is 0 Å². The fraction of sp³-hybridized carbons (Fsp3) is 0.375. The van der Waals surface area contributed by atoms with Gasteiger partial charge in [0, 0.05) is 17.5 Å². The number of ether oxygens (including phenoxy) is 1. The Kier molecular flexibility index (Phi) is 4.70. The van der Waals surface area contributed by atoms with Crippen molar-refractivity contribution in [2.24, 2.45) is 0 Å². The molecule has 1 aliphatic rings. The molecule has 0 bridgehead atoms. The van der Waals surface area contributed by atoms with Crippen molar-refractivity contribution < 1.29 is 9.53 Å². The van der Waals surface area contributed by atoms with Gasteiger partial charge in [0.15, 0.2) is 0 Å². The zero-order valence-electron chi connectivity index (χ0n) is 12.5. The molecule has 2 aromatic rings. The predicted octanol–water partition coefficient (Wildman–Crippen LogP) is 2.51. The Morgan fingerprint density at radius 3 is 3.14 bits per heavy atom. The van der Waals surface area contributed by atoms with E-state index in [0.717, 1.165) is 29.3 Å². The smallest absolute Gasteiger partial charge is 0.271 e. The predicted molar refractivity (Wildman–Crippen MR) is 86.3 cm³/mol. The molecule has 0 saturated carbocycles. The number of carbonyl (C=O) groups excluding carboxylic acids is 1. The van der Waals surface area contributed by atoms with Crippen molar-refractivity contribution in [1.29, 1.82) is 0 Å². The number of benzene rings is 1. The van der Waals surface area contributed by atoms with Crippen LogP contribution in [0.1, 0.15) is 39.9 Å². The van der Waals surface area contributed by atoms with Gasteiger partial charge in [-0.2, -0.15) is 0 Å². The number of hydrogen-bond acceptors (Lipinski definition) is 5. The molecule has 0 aliphatic carbocycles. The summed E-state index contributed by atoms with van der Waals surface area (Å²) in [6.45, 7) is 1.46. The second-order valence-corrected chi connectivity index (χ2v) is 6.10. The summed E-state index contributed by atoms with van der Waals surface area (Å²) in [6, 6.07) is 7.96. The lowest BCUT2D eigenvalue weighted by Gasteiger charge is -2.08. The van der Waals surface area contributed by atoms with Gasteiger partial charge in [-0.25, -0.2) is 4.98 Å². The van der Waals surface area contributed by atoms with Crippen molar-refractivity contribution in [3.8, 4) is 5.75 Å². The number of nitrogens with one attached hydrogen (secondary N) is 2. The highest BCUT2D eigenvalue weighted by Crippen LogP contribution is 2.26. The SMILES string of the molecule is COc1ccccc1CNC(=O)c1csc(C2CCCN2)n1. The topological polar surface area (TPSA) is 63.2 Å². The molecule has 1 aliphatic heterocycles. The molecule has 0 spiro atoms. The normalized spacial score (nSPS) is 17.4. The standard InChI is InChI=1S/C16H19N3O2S/c1-21-14-7-3-2-5-11(14)9-18-15(20)13-10-22-16(19-13)12-6-4-8-17-12/h2-3,5,7,10,12,17H,4,6,8-9H2,1H3,(H,18,20). The number of carbonyl (C=O) groups is 1. The molecule has 22 heavy (non-hydrogen) atoms. The summed E-state index contributed by atoms with van der Waals surface area (Å²) in [4.78, 5) is 16.7. The maximum atomic E-state index is 12.2. The fourth-order valence-corrected chi connectivity index (χ4v) is 3.47. The number of rotatable bonds is 5. The Bertz CT molecular complexity index is 650. The van der Waals surface area contributed by atoms with Gasteiger partial charge in [-0.1, -0.05) is 18.2 Å². The molecule has 1 amide bonds. The zero-order valence-corrected chi connectivity index (χ0v) is 13.3. The first-order valence-corrected chi connectivity index (χ1v) is 8.25. The number of aromatic nitrogens is 1. The van der Waals surface area contributed by atoms with E-state index in [1.54, 1.807) is 18.4 Å². The Balaban J connectivity index is 1.62. The summed E-state index contributed by atoms with van der Waals surface area (Å²) in [6.07, 6.45) is 2.26. The molecule has 2 heterocycles. The summed E-state index contributed by atoms with van der Waals surface area (Å²) in [5, 5.41) is 9.12. The van der Waals surface area contributed by atoms with Gasteiger partial charge in [-0.3, -0.25) is 4.79 Å².